The Morgan fingerprint density at radius 3 is 2.60 bits per heavy atom. The second kappa shape index (κ2) is 4.94. The molecule has 0 aromatic carbocycles. The molecule has 88 valence electrons. The summed E-state index contributed by atoms with van der Waals surface area (Å²) in [7, 11) is 0. The average molecular weight is 214 g/mol. The first-order chi connectivity index (χ1) is 6.92. The molecule has 4 nitrogen and oxygen atoms in total. The van der Waals surface area contributed by atoms with E-state index in [0.717, 1.165) is 12.8 Å². The van der Waals surface area contributed by atoms with Gasteiger partial charge in [-0.3, -0.25) is 4.79 Å². The summed E-state index contributed by atoms with van der Waals surface area (Å²) in [5.41, 5.74) is -0.750. The highest BCUT2D eigenvalue weighted by molar-refractivity contribution is 5.78. The van der Waals surface area contributed by atoms with Crippen LogP contribution in [0.3, 0.4) is 0 Å². The number of hydrogen-bond donors (Lipinski definition) is 3. The minimum absolute atomic E-state index is 0.0251. The van der Waals surface area contributed by atoms with Crippen molar-refractivity contribution in [1.29, 1.82) is 0 Å². The van der Waals surface area contributed by atoms with Crippen LogP contribution in [0.15, 0.2) is 0 Å². The van der Waals surface area contributed by atoms with Gasteiger partial charge in [-0.1, -0.05) is 13.8 Å². The Hall–Kier alpha value is -0.610. The molecule has 3 N–H and O–H groups in total. The van der Waals surface area contributed by atoms with Gasteiger partial charge in [0.05, 0.1) is 12.1 Å². The molecule has 0 saturated heterocycles. The van der Waals surface area contributed by atoms with E-state index in [4.69, 9.17) is 0 Å². The third kappa shape index (κ3) is 4.62. The van der Waals surface area contributed by atoms with Gasteiger partial charge in [-0.05, 0) is 25.7 Å². The largest absolute Gasteiger partial charge is 0.389 e. The van der Waals surface area contributed by atoms with Crippen LogP contribution in [0.4, 0.5) is 0 Å². The second-order valence-electron chi connectivity index (χ2n) is 4.96. The van der Waals surface area contributed by atoms with Crippen molar-refractivity contribution in [2.24, 2.45) is 5.92 Å². The van der Waals surface area contributed by atoms with Gasteiger partial charge in [0.2, 0.25) is 5.91 Å². The minimum Gasteiger partial charge on any atom is -0.389 e. The van der Waals surface area contributed by atoms with Gasteiger partial charge < -0.3 is 15.7 Å². The van der Waals surface area contributed by atoms with Crippen molar-refractivity contribution in [2.75, 3.05) is 13.1 Å². The molecule has 0 spiro atoms. The Kier molecular flexibility index (Phi) is 4.11. The smallest absolute Gasteiger partial charge is 0.234 e. The van der Waals surface area contributed by atoms with Crippen LogP contribution in [0.2, 0.25) is 0 Å². The van der Waals surface area contributed by atoms with Crippen molar-refractivity contribution in [3.05, 3.63) is 0 Å². The van der Waals surface area contributed by atoms with Crippen molar-refractivity contribution >= 4 is 5.91 Å². The molecule has 1 unspecified atom stereocenters. The lowest BCUT2D eigenvalue weighted by atomic mass is 9.93. The van der Waals surface area contributed by atoms with Crippen molar-refractivity contribution in [3.8, 4) is 0 Å². The summed E-state index contributed by atoms with van der Waals surface area (Å²) in [6, 6.07) is 0.407. The van der Waals surface area contributed by atoms with Gasteiger partial charge in [-0.15, -0.1) is 0 Å². The van der Waals surface area contributed by atoms with Gasteiger partial charge >= 0.3 is 0 Å². The van der Waals surface area contributed by atoms with E-state index in [1.807, 2.05) is 13.8 Å². The van der Waals surface area contributed by atoms with E-state index in [1.165, 1.54) is 0 Å². The number of amides is 1. The quantitative estimate of drug-likeness (QED) is 0.594. The van der Waals surface area contributed by atoms with Crippen LogP contribution >= 0.6 is 0 Å². The Balaban J connectivity index is 2.11. The third-order valence-electron chi connectivity index (χ3n) is 2.95. The SMILES string of the molecule is CC(C)C(C)(O)CNCC(=O)NC1CC1. The van der Waals surface area contributed by atoms with Crippen LogP contribution in [0.25, 0.3) is 0 Å². The van der Waals surface area contributed by atoms with Crippen LogP contribution in [-0.2, 0) is 4.79 Å². The number of hydrogen-bond acceptors (Lipinski definition) is 3. The monoisotopic (exact) mass is 214 g/mol. The minimum atomic E-state index is -0.750. The highest BCUT2D eigenvalue weighted by atomic mass is 16.3. The van der Waals surface area contributed by atoms with Crippen molar-refractivity contribution in [1.82, 2.24) is 10.6 Å². The van der Waals surface area contributed by atoms with Crippen LogP contribution in [-0.4, -0.2) is 35.7 Å². The predicted molar refractivity (Wildman–Crippen MR) is 59.5 cm³/mol. The van der Waals surface area contributed by atoms with E-state index in [1.54, 1.807) is 6.92 Å². The van der Waals surface area contributed by atoms with Crippen LogP contribution in [0.5, 0.6) is 0 Å². The number of carbonyl (C=O) groups is 1. The summed E-state index contributed by atoms with van der Waals surface area (Å²) in [6.07, 6.45) is 2.21. The maximum Gasteiger partial charge on any atom is 0.234 e. The fraction of sp³-hybridized carbons (Fsp3) is 0.909. The zero-order valence-corrected chi connectivity index (χ0v) is 9.84. The maximum absolute atomic E-state index is 11.3. The molecule has 0 aromatic heterocycles. The maximum atomic E-state index is 11.3. The summed E-state index contributed by atoms with van der Waals surface area (Å²) in [4.78, 5) is 11.3. The van der Waals surface area contributed by atoms with Gasteiger partial charge in [0.25, 0.3) is 0 Å². The summed E-state index contributed by atoms with van der Waals surface area (Å²) in [6.45, 7) is 6.45. The molecular weight excluding hydrogens is 192 g/mol. The van der Waals surface area contributed by atoms with E-state index in [0.29, 0.717) is 19.1 Å². The molecule has 15 heavy (non-hydrogen) atoms. The van der Waals surface area contributed by atoms with Gasteiger partial charge in [-0.2, -0.15) is 0 Å². The van der Waals surface area contributed by atoms with Gasteiger partial charge in [0, 0.05) is 12.6 Å². The van der Waals surface area contributed by atoms with E-state index in [9.17, 15) is 9.90 Å². The Bertz CT molecular complexity index is 223. The first kappa shape index (κ1) is 12.5. The fourth-order valence-electron chi connectivity index (χ4n) is 1.14. The molecular formula is C11H22N2O2. The van der Waals surface area contributed by atoms with Crippen molar-refractivity contribution in [3.63, 3.8) is 0 Å². The van der Waals surface area contributed by atoms with Crippen molar-refractivity contribution in [2.45, 2.75) is 45.3 Å². The molecule has 1 amide bonds. The van der Waals surface area contributed by atoms with Gasteiger partial charge in [-0.25, -0.2) is 0 Å². The molecule has 0 heterocycles. The lowest BCUT2D eigenvalue weighted by molar-refractivity contribution is -0.120. The molecule has 4 heteroatoms. The van der Waals surface area contributed by atoms with Crippen LogP contribution in [0.1, 0.15) is 33.6 Å². The van der Waals surface area contributed by atoms with E-state index < -0.39 is 5.60 Å². The first-order valence-corrected chi connectivity index (χ1v) is 5.64. The Morgan fingerprint density at radius 1 is 1.53 bits per heavy atom. The molecule has 0 aromatic rings. The summed E-state index contributed by atoms with van der Waals surface area (Å²) >= 11 is 0. The number of rotatable bonds is 6. The third-order valence-corrected chi connectivity index (χ3v) is 2.95. The van der Waals surface area contributed by atoms with E-state index >= 15 is 0 Å². The number of aliphatic hydroxyl groups is 1. The zero-order chi connectivity index (χ0) is 11.5. The highest BCUT2D eigenvalue weighted by Gasteiger charge is 2.25. The molecule has 1 aliphatic rings. The Labute approximate surface area is 91.4 Å². The Morgan fingerprint density at radius 2 is 2.13 bits per heavy atom. The topological polar surface area (TPSA) is 61.4 Å². The standard InChI is InChI=1S/C11H22N2O2/c1-8(2)11(3,15)7-12-6-10(14)13-9-4-5-9/h8-9,12,15H,4-7H2,1-3H3,(H,13,14). The molecule has 1 aliphatic carbocycles. The molecule has 0 radical (unpaired) electrons. The lowest BCUT2D eigenvalue weighted by Crippen LogP contribution is -2.45. The molecule has 1 fully saturated rings. The van der Waals surface area contributed by atoms with E-state index in [-0.39, 0.29) is 11.8 Å². The molecule has 1 atom stereocenters. The first-order valence-electron chi connectivity index (χ1n) is 5.64. The van der Waals surface area contributed by atoms with Gasteiger partial charge in [0.15, 0.2) is 0 Å². The molecule has 0 bridgehead atoms. The van der Waals surface area contributed by atoms with E-state index in [2.05, 4.69) is 10.6 Å². The van der Waals surface area contributed by atoms with Crippen LogP contribution < -0.4 is 10.6 Å². The van der Waals surface area contributed by atoms with Crippen LogP contribution in [0, 0.1) is 5.92 Å². The number of carbonyl (C=O) groups excluding carboxylic acids is 1. The summed E-state index contributed by atoms with van der Waals surface area (Å²) in [5.74, 6) is 0.202. The summed E-state index contributed by atoms with van der Waals surface area (Å²) in [5, 5.41) is 15.8. The fourth-order valence-corrected chi connectivity index (χ4v) is 1.14. The highest BCUT2D eigenvalue weighted by Crippen LogP contribution is 2.18. The second-order valence-corrected chi connectivity index (χ2v) is 4.96. The normalized spacial score (nSPS) is 20.1. The van der Waals surface area contributed by atoms with Gasteiger partial charge in [0.1, 0.15) is 0 Å². The zero-order valence-electron chi connectivity index (χ0n) is 9.84. The molecule has 1 saturated carbocycles. The molecule has 0 aliphatic heterocycles. The summed E-state index contributed by atoms with van der Waals surface area (Å²) < 4.78 is 0. The molecule has 1 rings (SSSR count). The predicted octanol–water partition coefficient (Wildman–Crippen LogP) is 0.262. The average Bonchev–Trinajstić information content (AvgIpc) is 2.87. The van der Waals surface area contributed by atoms with Crippen molar-refractivity contribution < 1.29 is 9.90 Å². The lowest BCUT2D eigenvalue weighted by Gasteiger charge is -2.27. The number of nitrogens with one attached hydrogen (secondary N) is 2.